The van der Waals surface area contributed by atoms with Gasteiger partial charge in [0, 0.05) is 12.1 Å². The number of benzene rings is 1. The van der Waals surface area contributed by atoms with E-state index >= 15 is 0 Å². The van der Waals surface area contributed by atoms with E-state index < -0.39 is 16.7 Å². The minimum absolute atomic E-state index is 0.0253. The van der Waals surface area contributed by atoms with Crippen LogP contribution in [0.5, 0.6) is 0 Å². The van der Waals surface area contributed by atoms with E-state index in [0.29, 0.717) is 5.56 Å². The van der Waals surface area contributed by atoms with Gasteiger partial charge in [-0.1, -0.05) is 12.1 Å². The molecular formula is C12H11NO5. The number of nitro benzene ring substituents is 1. The van der Waals surface area contributed by atoms with Gasteiger partial charge < -0.3 is 4.74 Å². The van der Waals surface area contributed by atoms with Crippen molar-refractivity contribution >= 4 is 23.5 Å². The summed E-state index contributed by atoms with van der Waals surface area (Å²) in [6, 6.07) is 4.21. The van der Waals surface area contributed by atoms with Crippen molar-refractivity contribution in [1.29, 1.82) is 0 Å². The maximum Gasteiger partial charge on any atom is 0.330 e. The fourth-order valence-corrected chi connectivity index (χ4v) is 1.46. The Morgan fingerprint density at radius 1 is 1.39 bits per heavy atom. The quantitative estimate of drug-likeness (QED) is 0.268. The lowest BCUT2D eigenvalue weighted by Crippen LogP contribution is -2.03. The van der Waals surface area contributed by atoms with Gasteiger partial charge in [0.05, 0.1) is 12.0 Å². The highest BCUT2D eigenvalue weighted by Gasteiger charge is 2.19. The molecule has 0 aliphatic rings. The number of methoxy groups -OCH3 is 1. The van der Waals surface area contributed by atoms with Crippen LogP contribution in [0.15, 0.2) is 24.3 Å². The number of nitrogens with zero attached hydrogens (tertiary/aromatic N) is 1. The SMILES string of the molecule is COC(=O)/C=C/c1cccc([N+](=O)[O-])c1C(C)=O. The number of hydrogen-bond acceptors (Lipinski definition) is 5. The van der Waals surface area contributed by atoms with Crippen LogP contribution in [0.25, 0.3) is 6.08 Å². The second-order valence-corrected chi connectivity index (χ2v) is 3.41. The Hall–Kier alpha value is -2.50. The molecule has 0 aliphatic heterocycles. The highest BCUT2D eigenvalue weighted by atomic mass is 16.6. The van der Waals surface area contributed by atoms with E-state index in [9.17, 15) is 19.7 Å². The molecule has 0 fully saturated rings. The largest absolute Gasteiger partial charge is 0.466 e. The van der Waals surface area contributed by atoms with Crippen LogP contribution in [0.3, 0.4) is 0 Å². The van der Waals surface area contributed by atoms with Crippen LogP contribution >= 0.6 is 0 Å². The molecular weight excluding hydrogens is 238 g/mol. The molecule has 1 aromatic carbocycles. The number of carbonyl (C=O) groups excluding carboxylic acids is 2. The van der Waals surface area contributed by atoms with Gasteiger partial charge in [0.15, 0.2) is 5.78 Å². The monoisotopic (exact) mass is 249 g/mol. The Kier molecular flexibility index (Phi) is 4.31. The minimum Gasteiger partial charge on any atom is -0.466 e. The fourth-order valence-electron chi connectivity index (χ4n) is 1.46. The summed E-state index contributed by atoms with van der Waals surface area (Å²) in [5.74, 6) is -1.04. The van der Waals surface area contributed by atoms with Crippen LogP contribution < -0.4 is 0 Å². The van der Waals surface area contributed by atoms with Crippen LogP contribution in [0.1, 0.15) is 22.8 Å². The molecule has 0 atom stereocenters. The van der Waals surface area contributed by atoms with Crippen LogP contribution in [-0.4, -0.2) is 23.8 Å². The second-order valence-electron chi connectivity index (χ2n) is 3.41. The molecule has 1 rings (SSSR count). The van der Waals surface area contributed by atoms with Gasteiger partial charge in [-0.05, 0) is 18.6 Å². The molecule has 0 heterocycles. The molecule has 94 valence electrons. The average Bonchev–Trinajstić information content (AvgIpc) is 2.34. The summed E-state index contributed by atoms with van der Waals surface area (Å²) >= 11 is 0. The molecule has 0 N–H and O–H groups in total. The number of ether oxygens (including phenoxy) is 1. The van der Waals surface area contributed by atoms with Gasteiger partial charge in [-0.25, -0.2) is 4.79 Å². The van der Waals surface area contributed by atoms with Gasteiger partial charge in [0.25, 0.3) is 5.69 Å². The lowest BCUT2D eigenvalue weighted by Gasteiger charge is -2.03. The zero-order valence-corrected chi connectivity index (χ0v) is 9.88. The van der Waals surface area contributed by atoms with Crippen molar-refractivity contribution in [2.45, 2.75) is 6.92 Å². The van der Waals surface area contributed by atoms with E-state index in [4.69, 9.17) is 0 Å². The highest BCUT2D eigenvalue weighted by molar-refractivity contribution is 6.02. The van der Waals surface area contributed by atoms with E-state index in [-0.39, 0.29) is 11.3 Å². The summed E-state index contributed by atoms with van der Waals surface area (Å²) in [5.41, 5.74) is -0.000677. The molecule has 1 aromatic rings. The summed E-state index contributed by atoms with van der Waals surface area (Å²) < 4.78 is 4.41. The Morgan fingerprint density at radius 2 is 2.06 bits per heavy atom. The van der Waals surface area contributed by atoms with E-state index in [1.807, 2.05) is 0 Å². The van der Waals surface area contributed by atoms with Crippen LogP contribution in [0.2, 0.25) is 0 Å². The molecule has 6 nitrogen and oxygen atoms in total. The number of ketones is 1. The topological polar surface area (TPSA) is 86.5 Å². The zero-order valence-electron chi connectivity index (χ0n) is 9.88. The number of rotatable bonds is 4. The van der Waals surface area contributed by atoms with Gasteiger partial charge in [0.2, 0.25) is 0 Å². The van der Waals surface area contributed by atoms with Crippen LogP contribution in [0, 0.1) is 10.1 Å². The van der Waals surface area contributed by atoms with Gasteiger partial charge in [-0.15, -0.1) is 0 Å². The number of nitro groups is 1. The van der Waals surface area contributed by atoms with Crippen molar-refractivity contribution in [3.63, 3.8) is 0 Å². The Bertz CT molecular complexity index is 533. The summed E-state index contributed by atoms with van der Waals surface area (Å²) in [7, 11) is 1.21. The normalized spacial score (nSPS) is 10.3. The summed E-state index contributed by atoms with van der Waals surface area (Å²) in [4.78, 5) is 32.6. The molecule has 0 aliphatic carbocycles. The van der Waals surface area contributed by atoms with Gasteiger partial charge in [-0.2, -0.15) is 0 Å². The zero-order chi connectivity index (χ0) is 13.7. The maximum atomic E-state index is 11.5. The molecule has 0 bridgehead atoms. The average molecular weight is 249 g/mol. The molecule has 0 saturated carbocycles. The molecule has 0 aromatic heterocycles. The standard InChI is InChI=1S/C12H11NO5/c1-8(14)12-9(6-7-11(15)18-2)4-3-5-10(12)13(16)17/h3-7H,1-2H3/b7-6+. The number of Topliss-reactive ketones (excluding diaryl/α,β-unsaturated/α-hetero) is 1. The minimum atomic E-state index is -0.633. The van der Waals surface area contributed by atoms with Crippen molar-refractivity contribution in [2.75, 3.05) is 7.11 Å². The van der Waals surface area contributed by atoms with Gasteiger partial charge in [0.1, 0.15) is 5.56 Å². The molecule has 6 heteroatoms. The molecule has 0 unspecified atom stereocenters. The third-order valence-electron chi connectivity index (χ3n) is 2.22. The highest BCUT2D eigenvalue weighted by Crippen LogP contribution is 2.23. The number of carbonyl (C=O) groups is 2. The summed E-state index contributed by atoms with van der Waals surface area (Å²) in [5, 5.41) is 10.8. The predicted octanol–water partition coefficient (Wildman–Crippen LogP) is 1.98. The molecule has 18 heavy (non-hydrogen) atoms. The number of hydrogen-bond donors (Lipinski definition) is 0. The van der Waals surface area contributed by atoms with Gasteiger partial charge in [-0.3, -0.25) is 14.9 Å². The van der Waals surface area contributed by atoms with Crippen molar-refractivity contribution < 1.29 is 19.2 Å². The van der Waals surface area contributed by atoms with E-state index in [0.717, 1.165) is 6.08 Å². The Labute approximate surface area is 103 Å². The third-order valence-corrected chi connectivity index (χ3v) is 2.22. The third kappa shape index (κ3) is 3.00. The maximum absolute atomic E-state index is 11.5. The second kappa shape index (κ2) is 5.72. The summed E-state index contributed by atoms with van der Waals surface area (Å²) in [6.07, 6.45) is 2.42. The van der Waals surface area contributed by atoms with E-state index in [2.05, 4.69) is 4.74 Å². The smallest absolute Gasteiger partial charge is 0.330 e. The first-order valence-corrected chi connectivity index (χ1v) is 5.01. The van der Waals surface area contributed by atoms with E-state index in [1.165, 1.54) is 38.3 Å². The van der Waals surface area contributed by atoms with Crippen LogP contribution in [0.4, 0.5) is 5.69 Å². The first-order valence-electron chi connectivity index (χ1n) is 5.01. The molecule has 0 amide bonds. The lowest BCUT2D eigenvalue weighted by atomic mass is 10.0. The lowest BCUT2D eigenvalue weighted by molar-refractivity contribution is -0.385. The Balaban J connectivity index is 3.32. The van der Waals surface area contributed by atoms with Gasteiger partial charge >= 0.3 is 5.97 Å². The van der Waals surface area contributed by atoms with Crippen molar-refractivity contribution in [3.8, 4) is 0 Å². The summed E-state index contributed by atoms with van der Waals surface area (Å²) in [6.45, 7) is 1.23. The van der Waals surface area contributed by atoms with Crippen molar-refractivity contribution in [2.24, 2.45) is 0 Å². The Morgan fingerprint density at radius 3 is 2.56 bits per heavy atom. The van der Waals surface area contributed by atoms with Crippen molar-refractivity contribution in [3.05, 3.63) is 45.5 Å². The predicted molar refractivity (Wildman–Crippen MR) is 64.2 cm³/mol. The van der Waals surface area contributed by atoms with Crippen molar-refractivity contribution in [1.82, 2.24) is 0 Å². The molecule has 0 spiro atoms. The first kappa shape index (κ1) is 13.6. The van der Waals surface area contributed by atoms with E-state index in [1.54, 1.807) is 0 Å². The fraction of sp³-hybridized carbons (Fsp3) is 0.167. The first-order chi connectivity index (χ1) is 8.47. The number of esters is 1. The van der Waals surface area contributed by atoms with Crippen LogP contribution in [-0.2, 0) is 9.53 Å². The molecule has 0 radical (unpaired) electrons. The molecule has 0 saturated heterocycles.